The van der Waals surface area contributed by atoms with Gasteiger partial charge in [0.1, 0.15) is 0 Å². The van der Waals surface area contributed by atoms with Gasteiger partial charge >= 0.3 is 0 Å². The Morgan fingerprint density at radius 3 is 0.400 bits per heavy atom. The molecule has 0 bridgehead atoms. The Labute approximate surface area is 105 Å². The first kappa shape index (κ1) is 40.1. The molecule has 0 aromatic rings. The molecule has 42 valence electrons. The van der Waals surface area contributed by atoms with Crippen molar-refractivity contribution < 1.29 is 108 Å². The molecule has 0 saturated heterocycles. The third-order valence-electron chi connectivity index (χ3n) is 0. The largest absolute Gasteiger partial charge is 0 e. The topological polar surface area (TPSA) is 0 Å². The molecule has 0 aliphatic rings. The molecule has 0 fully saturated rings. The summed E-state index contributed by atoms with van der Waals surface area (Å²) in [4.78, 5) is 0. The molecule has 0 heterocycles. The van der Waals surface area contributed by atoms with Gasteiger partial charge in [-0.25, -0.2) is 0 Å². The van der Waals surface area contributed by atoms with Gasteiger partial charge < -0.3 is 0 Å². The quantitative estimate of drug-likeness (QED) is 0.550. The molecule has 0 N–H and O–H groups in total. The monoisotopic (exact) mass is 388 g/mol. The van der Waals surface area contributed by atoms with E-state index in [1.807, 2.05) is 0 Å². The first-order chi connectivity index (χ1) is 0. The smallest absolute Gasteiger partial charge is 0 e. The zero-order chi connectivity index (χ0) is 0. The molecule has 0 aromatic carbocycles. The average molecular weight is 386 g/mol. The minimum atomic E-state index is 0. The third kappa shape index (κ3) is 18.7. The molecule has 0 atom stereocenters. The van der Waals surface area contributed by atoms with Crippen molar-refractivity contribution in [3.63, 3.8) is 0 Å². The van der Waals surface area contributed by atoms with Crippen LogP contribution in [-0.4, -0.2) is 0 Å². The first-order valence-electron chi connectivity index (χ1n) is 0. The maximum atomic E-state index is 0. The van der Waals surface area contributed by atoms with E-state index in [9.17, 15) is 0 Å². The summed E-state index contributed by atoms with van der Waals surface area (Å²) in [5, 5.41) is 0. The van der Waals surface area contributed by atoms with E-state index in [1.54, 1.807) is 0 Å². The Bertz CT molecular complexity index is 3.61. The van der Waals surface area contributed by atoms with Crippen molar-refractivity contribution in [2.75, 3.05) is 0 Å². The SMILES string of the molecule is [Co].[Co].[Co].[Co].[Sm]. The normalized spacial score (nSPS) is 0. The van der Waals surface area contributed by atoms with Crippen molar-refractivity contribution in [2.45, 2.75) is 0 Å². The molecular weight excluding hydrogens is 386 g/mol. The third-order valence-corrected chi connectivity index (χ3v) is 0. The van der Waals surface area contributed by atoms with Crippen molar-refractivity contribution in [3.05, 3.63) is 0 Å². The Morgan fingerprint density at radius 2 is 0.400 bits per heavy atom. The van der Waals surface area contributed by atoms with E-state index in [0.29, 0.717) is 0 Å². The average Bonchev–Trinajstić information content (AvgIpc) is 0. The van der Waals surface area contributed by atoms with Gasteiger partial charge in [0.25, 0.3) is 0 Å². The van der Waals surface area contributed by atoms with E-state index in [4.69, 9.17) is 0 Å². The minimum absolute atomic E-state index is 0. The van der Waals surface area contributed by atoms with Crippen LogP contribution in [0.4, 0.5) is 0 Å². The van der Waals surface area contributed by atoms with Gasteiger partial charge in [-0.1, -0.05) is 0 Å². The van der Waals surface area contributed by atoms with Gasteiger partial charge in [-0.2, -0.15) is 0 Å². The summed E-state index contributed by atoms with van der Waals surface area (Å²) < 4.78 is 0. The minimum Gasteiger partial charge on any atom is 0 e. The summed E-state index contributed by atoms with van der Waals surface area (Å²) in [6.45, 7) is 0. The van der Waals surface area contributed by atoms with Crippen LogP contribution in [0.25, 0.3) is 0 Å². The number of rotatable bonds is 0. The zero-order valence-electron chi connectivity index (χ0n) is 1.74. The summed E-state index contributed by atoms with van der Waals surface area (Å²) in [5.41, 5.74) is 0. The summed E-state index contributed by atoms with van der Waals surface area (Å²) in [5.74, 6) is 0. The molecule has 4 radical (unpaired) electrons. The molecule has 0 amide bonds. The molecule has 0 aliphatic carbocycles. The summed E-state index contributed by atoms with van der Waals surface area (Å²) in [6.07, 6.45) is 0. The molecule has 5 heteroatoms. The fraction of sp³-hybridized carbons (Fsp3) is 0. The van der Waals surface area contributed by atoms with Crippen LogP contribution in [0.3, 0.4) is 0 Å². The molecular formula is Co4Sm. The standard InChI is InChI=1S/4Co.Sm. The first-order valence-corrected chi connectivity index (χ1v) is 0. The van der Waals surface area contributed by atoms with E-state index in [0.717, 1.165) is 0 Å². The van der Waals surface area contributed by atoms with E-state index in [1.165, 1.54) is 0 Å². The Hall–Kier alpha value is 3.36. The van der Waals surface area contributed by atoms with Gasteiger partial charge in [-0.3, -0.25) is 0 Å². The zero-order valence-corrected chi connectivity index (χ0v) is 8.53. The van der Waals surface area contributed by atoms with Crippen LogP contribution >= 0.6 is 0 Å². The van der Waals surface area contributed by atoms with Crippen molar-refractivity contribution in [3.8, 4) is 0 Å². The predicted molar refractivity (Wildman–Crippen MR) is 0 cm³/mol. The molecule has 0 aromatic heterocycles. The van der Waals surface area contributed by atoms with Crippen LogP contribution in [0.15, 0.2) is 0 Å². The molecule has 0 unspecified atom stereocenters. The van der Waals surface area contributed by atoms with Gasteiger partial charge in [-0.05, 0) is 0 Å². The maximum absolute atomic E-state index is 0. The second-order valence-electron chi connectivity index (χ2n) is 0. The van der Waals surface area contributed by atoms with Gasteiger partial charge in [0, 0.05) is 108 Å². The van der Waals surface area contributed by atoms with Gasteiger partial charge in [0.05, 0.1) is 0 Å². The van der Waals surface area contributed by atoms with Crippen molar-refractivity contribution >= 4 is 0 Å². The number of hydrogen-bond donors (Lipinski definition) is 0. The van der Waals surface area contributed by atoms with E-state index < -0.39 is 0 Å². The Balaban J connectivity index is 0. The second-order valence-corrected chi connectivity index (χ2v) is 0. The molecule has 0 spiro atoms. The fourth-order valence-corrected chi connectivity index (χ4v) is 0. The maximum Gasteiger partial charge on any atom is 0 e. The van der Waals surface area contributed by atoms with Crippen LogP contribution < -0.4 is 0 Å². The van der Waals surface area contributed by atoms with Gasteiger partial charge in [-0.15, -0.1) is 0 Å². The van der Waals surface area contributed by atoms with Gasteiger partial charge in [0.2, 0.25) is 0 Å². The van der Waals surface area contributed by atoms with Crippen LogP contribution in [0.2, 0.25) is 0 Å². The van der Waals surface area contributed by atoms with E-state index in [2.05, 4.69) is 0 Å². The summed E-state index contributed by atoms with van der Waals surface area (Å²) in [7, 11) is 0. The molecule has 0 rings (SSSR count). The molecule has 0 aliphatic heterocycles. The molecule has 0 saturated carbocycles. The second kappa shape index (κ2) is 26.4. The van der Waals surface area contributed by atoms with Crippen LogP contribution in [0, 0.1) is 40.4 Å². The van der Waals surface area contributed by atoms with E-state index in [-0.39, 0.29) is 108 Å². The molecule has 0 nitrogen and oxygen atoms in total. The van der Waals surface area contributed by atoms with Gasteiger partial charge in [0.15, 0.2) is 0 Å². The summed E-state index contributed by atoms with van der Waals surface area (Å²) >= 11 is 0. The summed E-state index contributed by atoms with van der Waals surface area (Å²) in [6, 6.07) is 0. The van der Waals surface area contributed by atoms with Crippen molar-refractivity contribution in [1.29, 1.82) is 0 Å². The van der Waals surface area contributed by atoms with Crippen LogP contribution in [-0.2, 0) is 67.1 Å². The molecule has 5 heavy (non-hydrogen) atoms. The van der Waals surface area contributed by atoms with Crippen molar-refractivity contribution in [1.82, 2.24) is 0 Å². The van der Waals surface area contributed by atoms with Crippen LogP contribution in [0.1, 0.15) is 0 Å². The predicted octanol–water partition coefficient (Wildman–Crippen LogP) is -0.0100. The number of hydrogen-bond acceptors (Lipinski definition) is 0. The van der Waals surface area contributed by atoms with Crippen molar-refractivity contribution in [2.24, 2.45) is 0 Å². The Kier molecular flexibility index (Phi) is 211. The van der Waals surface area contributed by atoms with E-state index >= 15 is 0 Å². The Morgan fingerprint density at radius 1 is 0.400 bits per heavy atom. The van der Waals surface area contributed by atoms with Crippen LogP contribution in [0.5, 0.6) is 0 Å². The fourth-order valence-electron chi connectivity index (χ4n) is 0.